The van der Waals surface area contributed by atoms with Gasteiger partial charge in [0.05, 0.1) is 5.52 Å². The van der Waals surface area contributed by atoms with Gasteiger partial charge in [-0.1, -0.05) is 18.2 Å². The van der Waals surface area contributed by atoms with Crippen molar-refractivity contribution < 1.29 is 8.78 Å². The van der Waals surface area contributed by atoms with Crippen LogP contribution in [0.5, 0.6) is 0 Å². The second-order valence-corrected chi connectivity index (χ2v) is 5.05. The summed E-state index contributed by atoms with van der Waals surface area (Å²) in [5.41, 5.74) is 8.41. The van der Waals surface area contributed by atoms with Crippen LogP contribution < -0.4 is 5.73 Å². The second kappa shape index (κ2) is 5.58. The Morgan fingerprint density at radius 3 is 2.48 bits per heavy atom. The molecule has 0 spiro atoms. The molecular weight excluding hydrogens is 270 g/mol. The van der Waals surface area contributed by atoms with Gasteiger partial charge in [0.15, 0.2) is 0 Å². The SMILES string of the molecule is NC(Cc1cc(F)cc(F)c1)c1cnc2ccccc2c1. The number of fused-ring (bicyclic) bond motifs is 1. The number of hydrogen-bond acceptors (Lipinski definition) is 2. The van der Waals surface area contributed by atoms with Crippen molar-refractivity contribution in [3.05, 3.63) is 77.5 Å². The summed E-state index contributed by atoms with van der Waals surface area (Å²) in [7, 11) is 0. The van der Waals surface area contributed by atoms with E-state index in [2.05, 4.69) is 4.98 Å². The molecule has 3 aromatic rings. The molecule has 2 nitrogen and oxygen atoms in total. The summed E-state index contributed by atoms with van der Waals surface area (Å²) in [6, 6.07) is 12.8. The number of nitrogens with two attached hydrogens (primary N) is 1. The molecule has 0 aliphatic carbocycles. The van der Waals surface area contributed by atoms with E-state index in [1.165, 1.54) is 12.1 Å². The van der Waals surface area contributed by atoms with Crippen LogP contribution in [-0.2, 0) is 6.42 Å². The summed E-state index contributed by atoms with van der Waals surface area (Å²) in [5, 5.41) is 0.996. The Hall–Kier alpha value is -2.33. The highest BCUT2D eigenvalue weighted by molar-refractivity contribution is 5.78. The van der Waals surface area contributed by atoms with Gasteiger partial charge in [-0.15, -0.1) is 0 Å². The van der Waals surface area contributed by atoms with Crippen molar-refractivity contribution in [2.75, 3.05) is 0 Å². The smallest absolute Gasteiger partial charge is 0.126 e. The molecule has 21 heavy (non-hydrogen) atoms. The number of para-hydroxylation sites is 1. The zero-order valence-electron chi connectivity index (χ0n) is 11.3. The van der Waals surface area contributed by atoms with Gasteiger partial charge in [0.2, 0.25) is 0 Å². The van der Waals surface area contributed by atoms with Crippen LogP contribution in [-0.4, -0.2) is 4.98 Å². The first kappa shape index (κ1) is 13.6. The summed E-state index contributed by atoms with van der Waals surface area (Å²) < 4.78 is 26.4. The molecule has 1 atom stereocenters. The largest absolute Gasteiger partial charge is 0.324 e. The van der Waals surface area contributed by atoms with Crippen molar-refractivity contribution >= 4 is 10.9 Å². The van der Waals surface area contributed by atoms with Crippen LogP contribution in [0.2, 0.25) is 0 Å². The molecule has 3 rings (SSSR count). The Labute approximate surface area is 121 Å². The van der Waals surface area contributed by atoms with Crippen LogP contribution in [0.3, 0.4) is 0 Å². The highest BCUT2D eigenvalue weighted by Gasteiger charge is 2.10. The Kier molecular flexibility index (Phi) is 3.62. The second-order valence-electron chi connectivity index (χ2n) is 5.05. The number of halogens is 2. The number of hydrogen-bond donors (Lipinski definition) is 1. The van der Waals surface area contributed by atoms with Gasteiger partial charge in [-0.25, -0.2) is 8.78 Å². The van der Waals surface area contributed by atoms with Gasteiger partial charge < -0.3 is 5.73 Å². The minimum absolute atomic E-state index is 0.356. The van der Waals surface area contributed by atoms with Crippen molar-refractivity contribution in [2.45, 2.75) is 12.5 Å². The molecule has 0 radical (unpaired) electrons. The van der Waals surface area contributed by atoms with Crippen molar-refractivity contribution in [1.82, 2.24) is 4.98 Å². The average Bonchev–Trinajstić information content (AvgIpc) is 2.45. The van der Waals surface area contributed by atoms with Gasteiger partial charge in [0.1, 0.15) is 11.6 Å². The molecule has 106 valence electrons. The topological polar surface area (TPSA) is 38.9 Å². The minimum Gasteiger partial charge on any atom is -0.324 e. The van der Waals surface area contributed by atoms with E-state index in [1.807, 2.05) is 30.3 Å². The zero-order valence-corrected chi connectivity index (χ0v) is 11.3. The highest BCUT2D eigenvalue weighted by Crippen LogP contribution is 2.20. The van der Waals surface area contributed by atoms with Crippen LogP contribution in [0.1, 0.15) is 17.2 Å². The molecule has 1 heterocycles. The van der Waals surface area contributed by atoms with E-state index in [-0.39, 0.29) is 6.04 Å². The van der Waals surface area contributed by atoms with Crippen LogP contribution in [0.4, 0.5) is 8.78 Å². The van der Waals surface area contributed by atoms with E-state index >= 15 is 0 Å². The molecular formula is C17H14F2N2. The summed E-state index contributed by atoms with van der Waals surface area (Å²) in [4.78, 5) is 4.35. The molecule has 1 unspecified atom stereocenters. The predicted molar refractivity (Wildman–Crippen MR) is 78.7 cm³/mol. The normalized spacial score (nSPS) is 12.5. The molecule has 0 amide bonds. The molecule has 2 aromatic carbocycles. The van der Waals surface area contributed by atoms with E-state index in [9.17, 15) is 8.78 Å². The lowest BCUT2D eigenvalue weighted by atomic mass is 9.99. The fraction of sp³-hybridized carbons (Fsp3) is 0.118. The Balaban J connectivity index is 1.87. The zero-order chi connectivity index (χ0) is 14.8. The first-order chi connectivity index (χ1) is 10.1. The van der Waals surface area contributed by atoms with Gasteiger partial charge in [-0.2, -0.15) is 0 Å². The lowest BCUT2D eigenvalue weighted by Crippen LogP contribution is -2.14. The standard InChI is InChI=1S/C17H14F2N2/c18-14-5-11(6-15(19)9-14)7-16(20)13-8-12-3-1-2-4-17(12)21-10-13/h1-6,8-10,16H,7,20H2. The third kappa shape index (κ3) is 3.06. The van der Waals surface area contributed by atoms with E-state index in [1.54, 1.807) is 6.20 Å². The van der Waals surface area contributed by atoms with Gasteiger partial charge in [0.25, 0.3) is 0 Å². The Morgan fingerprint density at radius 2 is 1.71 bits per heavy atom. The monoisotopic (exact) mass is 284 g/mol. The highest BCUT2D eigenvalue weighted by atomic mass is 19.1. The molecule has 0 saturated heterocycles. The molecule has 1 aromatic heterocycles. The molecule has 0 saturated carbocycles. The van der Waals surface area contributed by atoms with Gasteiger partial charge in [-0.05, 0) is 41.8 Å². The van der Waals surface area contributed by atoms with Crippen molar-refractivity contribution in [3.63, 3.8) is 0 Å². The van der Waals surface area contributed by atoms with Crippen LogP contribution >= 0.6 is 0 Å². The van der Waals surface area contributed by atoms with E-state index in [0.29, 0.717) is 12.0 Å². The molecule has 4 heteroatoms. The van der Waals surface area contributed by atoms with Crippen molar-refractivity contribution in [1.29, 1.82) is 0 Å². The van der Waals surface area contributed by atoms with Crippen LogP contribution in [0.25, 0.3) is 10.9 Å². The number of nitrogens with zero attached hydrogens (tertiary/aromatic N) is 1. The van der Waals surface area contributed by atoms with Crippen molar-refractivity contribution in [2.24, 2.45) is 5.73 Å². The molecule has 0 aliphatic rings. The molecule has 0 bridgehead atoms. The van der Waals surface area contributed by atoms with Crippen LogP contribution in [0, 0.1) is 11.6 Å². The fourth-order valence-electron chi connectivity index (χ4n) is 2.39. The van der Waals surface area contributed by atoms with Gasteiger partial charge in [0, 0.05) is 23.7 Å². The lowest BCUT2D eigenvalue weighted by Gasteiger charge is -2.13. The summed E-state index contributed by atoms with van der Waals surface area (Å²) >= 11 is 0. The summed E-state index contributed by atoms with van der Waals surface area (Å²) in [5.74, 6) is -1.18. The Morgan fingerprint density at radius 1 is 1.00 bits per heavy atom. The van der Waals surface area contributed by atoms with E-state index in [0.717, 1.165) is 22.5 Å². The maximum Gasteiger partial charge on any atom is 0.126 e. The fourth-order valence-corrected chi connectivity index (χ4v) is 2.39. The van der Waals surface area contributed by atoms with E-state index < -0.39 is 11.6 Å². The third-order valence-electron chi connectivity index (χ3n) is 3.42. The van der Waals surface area contributed by atoms with Gasteiger partial charge in [-0.3, -0.25) is 4.98 Å². The molecule has 2 N–H and O–H groups in total. The number of aromatic nitrogens is 1. The maximum atomic E-state index is 13.2. The van der Waals surface area contributed by atoms with E-state index in [4.69, 9.17) is 5.73 Å². The number of rotatable bonds is 3. The average molecular weight is 284 g/mol. The summed E-state index contributed by atoms with van der Waals surface area (Å²) in [6.07, 6.45) is 2.07. The summed E-state index contributed by atoms with van der Waals surface area (Å²) in [6.45, 7) is 0. The number of benzene rings is 2. The quantitative estimate of drug-likeness (QED) is 0.795. The molecule has 0 fully saturated rings. The first-order valence-electron chi connectivity index (χ1n) is 6.67. The van der Waals surface area contributed by atoms with Crippen molar-refractivity contribution in [3.8, 4) is 0 Å². The predicted octanol–water partition coefficient (Wildman–Crippen LogP) is 3.76. The van der Waals surface area contributed by atoms with Gasteiger partial charge >= 0.3 is 0 Å². The minimum atomic E-state index is -0.589. The lowest BCUT2D eigenvalue weighted by molar-refractivity contribution is 0.576. The van der Waals surface area contributed by atoms with Crippen LogP contribution in [0.15, 0.2) is 54.7 Å². The maximum absolute atomic E-state index is 13.2. The third-order valence-corrected chi connectivity index (χ3v) is 3.42. The number of pyridine rings is 1. The Bertz CT molecular complexity index is 766. The molecule has 0 aliphatic heterocycles. The first-order valence-corrected chi connectivity index (χ1v) is 6.67.